The summed E-state index contributed by atoms with van der Waals surface area (Å²) in [7, 11) is 0. The van der Waals surface area contributed by atoms with E-state index in [1.165, 1.54) is 6.20 Å². The van der Waals surface area contributed by atoms with E-state index in [9.17, 15) is 14.4 Å². The second kappa shape index (κ2) is 7.87. The van der Waals surface area contributed by atoms with E-state index in [1.54, 1.807) is 56.4 Å². The lowest BCUT2D eigenvalue weighted by Crippen LogP contribution is -2.41. The minimum atomic E-state index is -0.464. The molecule has 3 N–H and O–H groups in total. The zero-order valence-corrected chi connectivity index (χ0v) is 13.4. The van der Waals surface area contributed by atoms with Crippen LogP contribution in [0.4, 0.5) is 5.69 Å². The molecule has 0 radical (unpaired) electrons. The van der Waals surface area contributed by atoms with Gasteiger partial charge in [-0.25, -0.2) is 0 Å². The van der Waals surface area contributed by atoms with Crippen LogP contribution in [-0.2, 0) is 4.79 Å². The Morgan fingerprint density at radius 2 is 1.54 bits per heavy atom. The minimum absolute atomic E-state index is 0.101. The van der Waals surface area contributed by atoms with Crippen LogP contribution in [0, 0.1) is 5.92 Å². The summed E-state index contributed by atoms with van der Waals surface area (Å²) in [5, 5.41) is 2.73. The number of carbonyl (C=O) groups excluding carboxylic acids is 3. The first kappa shape index (κ1) is 17.1. The summed E-state index contributed by atoms with van der Waals surface area (Å²) in [6.45, 7) is 3.59. The summed E-state index contributed by atoms with van der Waals surface area (Å²) < 4.78 is 0. The summed E-state index contributed by atoms with van der Waals surface area (Å²) in [6, 6.07) is 9.57. The van der Waals surface area contributed by atoms with Crippen LogP contribution < -0.4 is 16.2 Å². The second-order valence-corrected chi connectivity index (χ2v) is 5.37. The fourth-order valence-corrected chi connectivity index (χ4v) is 1.75. The van der Waals surface area contributed by atoms with Crippen LogP contribution in [0.15, 0.2) is 48.8 Å². The molecule has 0 aliphatic carbocycles. The summed E-state index contributed by atoms with van der Waals surface area (Å²) in [5.74, 6) is -1.15. The average Bonchev–Trinajstić information content (AvgIpc) is 2.60. The van der Waals surface area contributed by atoms with E-state index < -0.39 is 11.8 Å². The molecule has 0 aliphatic heterocycles. The van der Waals surface area contributed by atoms with Crippen molar-refractivity contribution in [2.24, 2.45) is 5.92 Å². The number of hydrogen-bond donors (Lipinski definition) is 3. The lowest BCUT2D eigenvalue weighted by Gasteiger charge is -2.09. The van der Waals surface area contributed by atoms with Gasteiger partial charge in [-0.1, -0.05) is 13.8 Å². The molecule has 0 spiro atoms. The molecule has 0 aliphatic rings. The molecule has 0 saturated heterocycles. The first-order valence-electron chi connectivity index (χ1n) is 7.39. The quantitative estimate of drug-likeness (QED) is 0.745. The maximum atomic E-state index is 12.0. The van der Waals surface area contributed by atoms with Crippen LogP contribution in [0.5, 0.6) is 0 Å². The smallest absolute Gasteiger partial charge is 0.271 e. The van der Waals surface area contributed by atoms with Crippen molar-refractivity contribution in [3.8, 4) is 0 Å². The van der Waals surface area contributed by atoms with Crippen molar-refractivity contribution >= 4 is 23.4 Å². The molecule has 0 fully saturated rings. The van der Waals surface area contributed by atoms with Gasteiger partial charge in [0.1, 0.15) is 0 Å². The lowest BCUT2D eigenvalue weighted by molar-refractivity contribution is -0.118. The van der Waals surface area contributed by atoms with Crippen molar-refractivity contribution in [1.29, 1.82) is 0 Å². The molecule has 0 bridgehead atoms. The van der Waals surface area contributed by atoms with Crippen molar-refractivity contribution in [3.63, 3.8) is 0 Å². The molecular weight excluding hydrogens is 308 g/mol. The molecule has 2 aromatic rings. The number of nitrogens with zero attached hydrogens (tertiary/aromatic N) is 1. The summed E-state index contributed by atoms with van der Waals surface area (Å²) >= 11 is 0. The number of pyridine rings is 1. The van der Waals surface area contributed by atoms with Crippen molar-refractivity contribution < 1.29 is 14.4 Å². The maximum absolute atomic E-state index is 12.0. The number of amides is 3. The zero-order valence-electron chi connectivity index (χ0n) is 13.4. The number of benzene rings is 1. The molecule has 3 amide bonds. The number of nitrogens with one attached hydrogen (secondary N) is 3. The van der Waals surface area contributed by atoms with E-state index in [0.29, 0.717) is 16.8 Å². The summed E-state index contributed by atoms with van der Waals surface area (Å²) in [6.07, 6.45) is 2.95. The van der Waals surface area contributed by atoms with E-state index >= 15 is 0 Å². The Hall–Kier alpha value is -3.22. The van der Waals surface area contributed by atoms with Gasteiger partial charge in [0.15, 0.2) is 0 Å². The Balaban J connectivity index is 1.91. The summed E-state index contributed by atoms with van der Waals surface area (Å²) in [5.41, 5.74) is 5.92. The third kappa shape index (κ3) is 4.64. The van der Waals surface area contributed by atoms with Gasteiger partial charge < -0.3 is 5.32 Å². The number of carbonyl (C=O) groups is 3. The average molecular weight is 326 g/mol. The molecule has 0 unspecified atom stereocenters. The van der Waals surface area contributed by atoms with Gasteiger partial charge in [-0.05, 0) is 36.4 Å². The van der Waals surface area contributed by atoms with Gasteiger partial charge >= 0.3 is 0 Å². The number of rotatable bonds is 4. The van der Waals surface area contributed by atoms with Crippen LogP contribution in [-0.4, -0.2) is 22.7 Å². The van der Waals surface area contributed by atoms with Crippen LogP contribution in [0.1, 0.15) is 34.6 Å². The standard InChI is InChI=1S/C17H18N4O3/c1-11(2)15(22)19-14-7-5-12(6-8-14)16(23)20-21-17(24)13-4-3-9-18-10-13/h3-11H,1-2H3,(H,19,22)(H,20,23)(H,21,24). The fraction of sp³-hybridized carbons (Fsp3) is 0.176. The molecule has 7 nitrogen and oxygen atoms in total. The molecular formula is C17H18N4O3. The summed E-state index contributed by atoms with van der Waals surface area (Å²) in [4.78, 5) is 39.2. The van der Waals surface area contributed by atoms with Gasteiger partial charge in [0.05, 0.1) is 5.56 Å². The van der Waals surface area contributed by atoms with Gasteiger partial charge in [-0.2, -0.15) is 0 Å². The monoisotopic (exact) mass is 326 g/mol. The highest BCUT2D eigenvalue weighted by Crippen LogP contribution is 2.10. The normalized spacial score (nSPS) is 10.1. The van der Waals surface area contributed by atoms with E-state index in [4.69, 9.17) is 0 Å². The van der Waals surface area contributed by atoms with E-state index in [2.05, 4.69) is 21.2 Å². The third-order valence-corrected chi connectivity index (χ3v) is 3.15. The van der Waals surface area contributed by atoms with Crippen molar-refractivity contribution in [2.75, 3.05) is 5.32 Å². The first-order valence-corrected chi connectivity index (χ1v) is 7.39. The van der Waals surface area contributed by atoms with Crippen LogP contribution >= 0.6 is 0 Å². The van der Waals surface area contributed by atoms with Gasteiger partial charge in [0.25, 0.3) is 11.8 Å². The van der Waals surface area contributed by atoms with Gasteiger partial charge in [0, 0.05) is 29.6 Å². The van der Waals surface area contributed by atoms with E-state index in [-0.39, 0.29) is 11.8 Å². The highest BCUT2D eigenvalue weighted by molar-refractivity contribution is 5.99. The second-order valence-electron chi connectivity index (χ2n) is 5.37. The van der Waals surface area contributed by atoms with Gasteiger partial charge in [-0.3, -0.25) is 30.2 Å². The van der Waals surface area contributed by atoms with Crippen molar-refractivity contribution in [3.05, 3.63) is 59.9 Å². The maximum Gasteiger partial charge on any atom is 0.271 e. The molecule has 0 saturated carbocycles. The Labute approximate surface area is 139 Å². The molecule has 2 rings (SSSR count). The molecule has 1 aromatic carbocycles. The highest BCUT2D eigenvalue weighted by atomic mass is 16.2. The Kier molecular flexibility index (Phi) is 5.62. The topological polar surface area (TPSA) is 100 Å². The SMILES string of the molecule is CC(C)C(=O)Nc1ccc(C(=O)NNC(=O)c2cccnc2)cc1. The number of hydrogen-bond acceptors (Lipinski definition) is 4. The van der Waals surface area contributed by atoms with Gasteiger partial charge in [-0.15, -0.1) is 0 Å². The molecule has 7 heteroatoms. The van der Waals surface area contributed by atoms with E-state index in [0.717, 1.165) is 0 Å². The molecule has 24 heavy (non-hydrogen) atoms. The first-order chi connectivity index (χ1) is 11.5. The molecule has 124 valence electrons. The largest absolute Gasteiger partial charge is 0.326 e. The molecule has 0 atom stereocenters. The van der Waals surface area contributed by atoms with Gasteiger partial charge in [0.2, 0.25) is 5.91 Å². The number of hydrazine groups is 1. The number of aromatic nitrogens is 1. The predicted molar refractivity (Wildman–Crippen MR) is 89.1 cm³/mol. The third-order valence-electron chi connectivity index (χ3n) is 3.15. The Morgan fingerprint density at radius 1 is 0.917 bits per heavy atom. The van der Waals surface area contributed by atoms with Crippen molar-refractivity contribution in [1.82, 2.24) is 15.8 Å². The van der Waals surface area contributed by atoms with Crippen LogP contribution in [0.3, 0.4) is 0 Å². The lowest BCUT2D eigenvalue weighted by atomic mass is 10.1. The van der Waals surface area contributed by atoms with E-state index in [1.807, 2.05) is 0 Å². The van der Waals surface area contributed by atoms with Crippen LogP contribution in [0.25, 0.3) is 0 Å². The van der Waals surface area contributed by atoms with Crippen molar-refractivity contribution in [2.45, 2.75) is 13.8 Å². The Morgan fingerprint density at radius 3 is 2.08 bits per heavy atom. The van der Waals surface area contributed by atoms with Crippen LogP contribution in [0.2, 0.25) is 0 Å². The molecule has 1 aromatic heterocycles. The number of anilines is 1. The fourth-order valence-electron chi connectivity index (χ4n) is 1.75. The predicted octanol–water partition coefficient (Wildman–Crippen LogP) is 1.75. The molecule has 1 heterocycles. The minimum Gasteiger partial charge on any atom is -0.326 e. The zero-order chi connectivity index (χ0) is 17.5. The Bertz CT molecular complexity index is 727. The highest BCUT2D eigenvalue weighted by Gasteiger charge is 2.10.